The van der Waals surface area contributed by atoms with Gasteiger partial charge in [0.2, 0.25) is 0 Å². The fraction of sp³-hybridized carbons (Fsp3) is 0.300. The number of halogens is 2. The van der Waals surface area contributed by atoms with E-state index in [1.165, 1.54) is 0 Å². The largest absolute Gasteiger partial charge is 0.303 e. The van der Waals surface area contributed by atoms with Crippen molar-refractivity contribution in [2.24, 2.45) is 5.10 Å². The minimum absolute atomic E-state index is 0.656. The Kier molecular flexibility index (Phi) is 4.23. The van der Waals surface area contributed by atoms with Crippen LogP contribution < -0.4 is 0 Å². The molecule has 0 radical (unpaired) electrons. The van der Waals surface area contributed by atoms with E-state index in [-0.39, 0.29) is 0 Å². The molecule has 76 valence electrons. The van der Waals surface area contributed by atoms with Crippen LogP contribution in [0.25, 0.3) is 0 Å². The lowest BCUT2D eigenvalue weighted by Gasteiger charge is -2.03. The molecule has 1 aromatic carbocycles. The third kappa shape index (κ3) is 3.56. The van der Waals surface area contributed by atoms with Gasteiger partial charge in [-0.3, -0.25) is 0 Å². The first-order chi connectivity index (χ1) is 6.59. The molecule has 4 heteroatoms. The lowest BCUT2D eigenvalue weighted by atomic mass is 10.2. The van der Waals surface area contributed by atoms with Gasteiger partial charge in [-0.05, 0) is 17.7 Å². The lowest BCUT2D eigenvalue weighted by molar-refractivity contribution is 0.439. The van der Waals surface area contributed by atoms with Crippen LogP contribution in [0.4, 0.5) is 0 Å². The molecule has 0 atom stereocenters. The zero-order valence-corrected chi connectivity index (χ0v) is 9.68. The Morgan fingerprint density at radius 3 is 2.64 bits per heavy atom. The SMILES string of the molecule is CN(C)N=CCc1ccc(Cl)cc1Cl. The Bertz CT molecular complexity index is 335. The molecule has 0 fully saturated rings. The topological polar surface area (TPSA) is 15.6 Å². The van der Waals surface area contributed by atoms with Crippen LogP contribution in [0.15, 0.2) is 23.3 Å². The van der Waals surface area contributed by atoms with Gasteiger partial charge < -0.3 is 5.01 Å². The van der Waals surface area contributed by atoms with Crippen LogP contribution in [0, 0.1) is 0 Å². The van der Waals surface area contributed by atoms with Gasteiger partial charge in [-0.1, -0.05) is 29.3 Å². The van der Waals surface area contributed by atoms with E-state index in [1.807, 2.05) is 32.4 Å². The molecule has 0 saturated heterocycles. The summed E-state index contributed by atoms with van der Waals surface area (Å²) in [4.78, 5) is 0. The fourth-order valence-electron chi connectivity index (χ4n) is 0.990. The van der Waals surface area contributed by atoms with Crippen molar-refractivity contribution in [1.82, 2.24) is 5.01 Å². The summed E-state index contributed by atoms with van der Waals surface area (Å²) in [7, 11) is 3.75. The van der Waals surface area contributed by atoms with Crippen LogP contribution >= 0.6 is 23.2 Å². The average Bonchev–Trinajstić information content (AvgIpc) is 2.08. The van der Waals surface area contributed by atoms with Crippen LogP contribution in [0.3, 0.4) is 0 Å². The summed E-state index contributed by atoms with van der Waals surface area (Å²) in [5.41, 5.74) is 1.03. The highest BCUT2D eigenvalue weighted by atomic mass is 35.5. The van der Waals surface area contributed by atoms with Gasteiger partial charge in [0.1, 0.15) is 0 Å². The average molecular weight is 231 g/mol. The Morgan fingerprint density at radius 2 is 2.07 bits per heavy atom. The first-order valence-electron chi connectivity index (χ1n) is 4.23. The highest BCUT2D eigenvalue weighted by Gasteiger charge is 1.98. The summed E-state index contributed by atoms with van der Waals surface area (Å²) < 4.78 is 0. The summed E-state index contributed by atoms with van der Waals surface area (Å²) >= 11 is 11.8. The van der Waals surface area contributed by atoms with Gasteiger partial charge in [0.25, 0.3) is 0 Å². The lowest BCUT2D eigenvalue weighted by Crippen LogP contribution is -2.02. The third-order valence-electron chi connectivity index (χ3n) is 1.64. The van der Waals surface area contributed by atoms with Crippen LogP contribution in [-0.2, 0) is 6.42 Å². The predicted molar refractivity (Wildman–Crippen MR) is 62.3 cm³/mol. The predicted octanol–water partition coefficient (Wildman–Crippen LogP) is 3.08. The minimum Gasteiger partial charge on any atom is -0.303 e. The van der Waals surface area contributed by atoms with Crippen molar-refractivity contribution in [1.29, 1.82) is 0 Å². The van der Waals surface area contributed by atoms with E-state index in [1.54, 1.807) is 11.1 Å². The van der Waals surface area contributed by atoms with Crippen molar-refractivity contribution in [2.45, 2.75) is 6.42 Å². The Hall–Kier alpha value is -0.730. The smallest absolute Gasteiger partial charge is 0.0456 e. The molecule has 2 nitrogen and oxygen atoms in total. The molecule has 0 aromatic heterocycles. The molecular formula is C10H12Cl2N2. The maximum Gasteiger partial charge on any atom is 0.0456 e. The number of hydrogen-bond donors (Lipinski definition) is 0. The van der Waals surface area contributed by atoms with Crippen molar-refractivity contribution in [3.8, 4) is 0 Å². The van der Waals surface area contributed by atoms with Crippen LogP contribution in [0.2, 0.25) is 10.0 Å². The van der Waals surface area contributed by atoms with Crippen molar-refractivity contribution < 1.29 is 0 Å². The van der Waals surface area contributed by atoms with E-state index >= 15 is 0 Å². The zero-order valence-electron chi connectivity index (χ0n) is 8.17. The second-order valence-electron chi connectivity index (χ2n) is 3.09. The van der Waals surface area contributed by atoms with E-state index in [2.05, 4.69) is 5.10 Å². The fourth-order valence-corrected chi connectivity index (χ4v) is 1.48. The summed E-state index contributed by atoms with van der Waals surface area (Å²) in [6.45, 7) is 0. The first kappa shape index (κ1) is 11.3. The number of nitrogens with zero attached hydrogens (tertiary/aromatic N) is 2. The Morgan fingerprint density at radius 1 is 1.36 bits per heavy atom. The second kappa shape index (κ2) is 5.23. The number of rotatable bonds is 3. The van der Waals surface area contributed by atoms with Gasteiger partial charge in [0.15, 0.2) is 0 Å². The van der Waals surface area contributed by atoms with Gasteiger partial charge >= 0.3 is 0 Å². The Labute approximate surface area is 94.1 Å². The number of benzene rings is 1. The maximum absolute atomic E-state index is 5.99. The van der Waals surface area contributed by atoms with E-state index in [9.17, 15) is 0 Å². The van der Waals surface area contributed by atoms with Crippen molar-refractivity contribution >= 4 is 29.4 Å². The van der Waals surface area contributed by atoms with E-state index in [0.29, 0.717) is 16.5 Å². The molecule has 0 N–H and O–H groups in total. The molecule has 14 heavy (non-hydrogen) atoms. The van der Waals surface area contributed by atoms with Gasteiger partial charge in [0.05, 0.1) is 0 Å². The second-order valence-corrected chi connectivity index (χ2v) is 3.93. The minimum atomic E-state index is 0.656. The van der Waals surface area contributed by atoms with E-state index in [4.69, 9.17) is 23.2 Å². The molecular weight excluding hydrogens is 219 g/mol. The van der Waals surface area contributed by atoms with Crippen LogP contribution in [-0.4, -0.2) is 25.3 Å². The van der Waals surface area contributed by atoms with Crippen LogP contribution in [0.1, 0.15) is 5.56 Å². The molecule has 0 unspecified atom stereocenters. The summed E-state index contributed by atoms with van der Waals surface area (Å²) in [6, 6.07) is 5.47. The molecule has 0 amide bonds. The molecule has 0 aliphatic rings. The van der Waals surface area contributed by atoms with Crippen LogP contribution in [0.5, 0.6) is 0 Å². The summed E-state index contributed by atoms with van der Waals surface area (Å²) in [5.74, 6) is 0. The molecule has 0 aliphatic heterocycles. The van der Waals surface area contributed by atoms with Gasteiger partial charge in [-0.15, -0.1) is 0 Å². The van der Waals surface area contributed by atoms with Gasteiger partial charge in [-0.2, -0.15) is 5.10 Å². The standard InChI is InChI=1S/C10H12Cl2N2/c1-14(2)13-6-5-8-3-4-9(11)7-10(8)12/h3-4,6-7H,5H2,1-2H3. The number of hydrogen-bond acceptors (Lipinski definition) is 2. The number of hydrazone groups is 1. The van der Waals surface area contributed by atoms with Crippen molar-refractivity contribution in [3.63, 3.8) is 0 Å². The maximum atomic E-state index is 5.99. The highest BCUT2D eigenvalue weighted by Crippen LogP contribution is 2.20. The third-order valence-corrected chi connectivity index (χ3v) is 2.23. The molecule has 0 aliphatic carbocycles. The molecule has 0 spiro atoms. The molecule has 0 saturated carbocycles. The molecule has 0 bridgehead atoms. The van der Waals surface area contributed by atoms with E-state index in [0.717, 1.165) is 5.56 Å². The van der Waals surface area contributed by atoms with E-state index < -0.39 is 0 Å². The molecule has 1 aromatic rings. The van der Waals surface area contributed by atoms with Gasteiger partial charge in [0, 0.05) is 36.8 Å². The zero-order chi connectivity index (χ0) is 10.6. The molecule has 1 rings (SSSR count). The van der Waals surface area contributed by atoms with Crippen molar-refractivity contribution in [3.05, 3.63) is 33.8 Å². The highest BCUT2D eigenvalue weighted by molar-refractivity contribution is 6.35. The Balaban J connectivity index is 2.68. The summed E-state index contributed by atoms with van der Waals surface area (Å²) in [6.07, 6.45) is 2.53. The van der Waals surface area contributed by atoms with Crippen molar-refractivity contribution in [2.75, 3.05) is 14.1 Å². The first-order valence-corrected chi connectivity index (χ1v) is 4.99. The summed E-state index contributed by atoms with van der Waals surface area (Å²) in [5, 5.41) is 7.18. The molecule has 0 heterocycles. The monoisotopic (exact) mass is 230 g/mol. The quantitative estimate of drug-likeness (QED) is 0.576. The van der Waals surface area contributed by atoms with Gasteiger partial charge in [-0.25, -0.2) is 0 Å². The normalized spacial score (nSPS) is 10.9.